The smallest absolute Gasteiger partial charge is 0.221 e. The Morgan fingerprint density at radius 3 is 2.79 bits per heavy atom. The first kappa shape index (κ1) is 9.02. The zero-order valence-electron chi connectivity index (χ0n) is 7.60. The Hall–Kier alpha value is -1.55. The van der Waals surface area contributed by atoms with Crippen LogP contribution in [0.3, 0.4) is 0 Å². The fourth-order valence-corrected chi connectivity index (χ4v) is 1.92. The molecular weight excluding hydrogens is 196 g/mol. The summed E-state index contributed by atoms with van der Waals surface area (Å²) in [5.41, 5.74) is 0.446. The van der Waals surface area contributed by atoms with Gasteiger partial charge in [-0.1, -0.05) is 0 Å². The molecule has 2 aromatic heterocycles. The lowest BCUT2D eigenvalue weighted by Gasteiger charge is -1.94. The lowest BCUT2D eigenvalue weighted by molar-refractivity contribution is 0.103. The number of carbonyl (C=O) groups is 1. The van der Waals surface area contributed by atoms with Crippen molar-refractivity contribution < 1.29 is 4.79 Å². The van der Waals surface area contributed by atoms with Crippen LogP contribution < -0.4 is 0 Å². The predicted molar refractivity (Wildman–Crippen MR) is 54.5 cm³/mol. The zero-order chi connectivity index (χ0) is 9.97. The number of rotatable bonds is 2. The summed E-state index contributed by atoms with van der Waals surface area (Å²) in [6.45, 7) is 1.97. The molecule has 0 bridgehead atoms. The summed E-state index contributed by atoms with van der Waals surface area (Å²) >= 11 is 1.48. The van der Waals surface area contributed by atoms with E-state index in [1.165, 1.54) is 17.7 Å². The van der Waals surface area contributed by atoms with Crippen LogP contribution in [0.2, 0.25) is 0 Å². The molecule has 0 aromatic carbocycles. The average molecular weight is 204 g/mol. The molecule has 0 fully saturated rings. The second kappa shape index (κ2) is 3.67. The van der Waals surface area contributed by atoms with Crippen LogP contribution in [0.5, 0.6) is 0 Å². The quantitative estimate of drug-likeness (QED) is 0.703. The predicted octanol–water partition coefficient (Wildman–Crippen LogP) is 2.08. The molecule has 0 N–H and O–H groups in total. The highest BCUT2D eigenvalue weighted by Gasteiger charge is 2.11. The van der Waals surface area contributed by atoms with Crippen LogP contribution in [0.4, 0.5) is 0 Å². The van der Waals surface area contributed by atoms with Crippen LogP contribution in [0.1, 0.15) is 20.2 Å². The van der Waals surface area contributed by atoms with Crippen molar-refractivity contribution >= 4 is 17.1 Å². The summed E-state index contributed by atoms with van der Waals surface area (Å²) in [7, 11) is 0. The number of aromatic nitrogens is 2. The number of ketones is 1. The molecule has 0 aliphatic rings. The molecule has 0 unspecified atom stereocenters. The number of thiophene rings is 1. The van der Waals surface area contributed by atoms with Gasteiger partial charge >= 0.3 is 0 Å². The van der Waals surface area contributed by atoms with Gasteiger partial charge in [-0.25, -0.2) is 9.97 Å². The van der Waals surface area contributed by atoms with Gasteiger partial charge in [0, 0.05) is 11.1 Å². The highest BCUT2D eigenvalue weighted by Crippen LogP contribution is 2.17. The second-order valence-corrected chi connectivity index (χ2v) is 4.12. The topological polar surface area (TPSA) is 42.9 Å². The lowest BCUT2D eigenvalue weighted by Crippen LogP contribution is -2.01. The van der Waals surface area contributed by atoms with Crippen molar-refractivity contribution in [3.8, 4) is 0 Å². The fourth-order valence-electron chi connectivity index (χ4n) is 1.11. The van der Waals surface area contributed by atoms with Crippen LogP contribution in [0.25, 0.3) is 0 Å². The molecule has 0 aliphatic heterocycles. The van der Waals surface area contributed by atoms with E-state index in [2.05, 4.69) is 9.97 Å². The van der Waals surface area contributed by atoms with Crippen molar-refractivity contribution in [3.63, 3.8) is 0 Å². The van der Waals surface area contributed by atoms with Gasteiger partial charge in [0.2, 0.25) is 5.78 Å². The molecule has 70 valence electrons. The molecule has 14 heavy (non-hydrogen) atoms. The minimum absolute atomic E-state index is 0.0366. The van der Waals surface area contributed by atoms with Gasteiger partial charge in [0.25, 0.3) is 0 Å². The number of nitrogens with zero attached hydrogens (tertiary/aromatic N) is 2. The van der Waals surface area contributed by atoms with Gasteiger partial charge in [-0.05, 0) is 25.1 Å². The summed E-state index contributed by atoms with van der Waals surface area (Å²) < 4.78 is 0. The van der Waals surface area contributed by atoms with E-state index in [-0.39, 0.29) is 5.78 Å². The van der Waals surface area contributed by atoms with E-state index in [1.807, 2.05) is 19.1 Å². The van der Waals surface area contributed by atoms with Crippen molar-refractivity contribution in [2.75, 3.05) is 0 Å². The molecule has 2 heterocycles. The Balaban J connectivity index is 2.34. The molecule has 0 saturated heterocycles. The van der Waals surface area contributed by atoms with E-state index in [0.717, 1.165) is 9.75 Å². The number of carbonyl (C=O) groups excluding carboxylic acids is 1. The maximum Gasteiger partial charge on any atom is 0.221 e. The third-order valence-electron chi connectivity index (χ3n) is 1.78. The largest absolute Gasteiger partial charge is 0.286 e. The summed E-state index contributed by atoms with van der Waals surface area (Å²) in [6.07, 6.45) is 2.95. The number of hydrogen-bond acceptors (Lipinski definition) is 4. The van der Waals surface area contributed by atoms with Gasteiger partial charge in [-0.2, -0.15) is 0 Å². The monoisotopic (exact) mass is 204 g/mol. The van der Waals surface area contributed by atoms with Crippen LogP contribution >= 0.6 is 11.3 Å². The van der Waals surface area contributed by atoms with E-state index in [1.54, 1.807) is 12.3 Å². The van der Waals surface area contributed by atoms with Crippen LogP contribution in [0.15, 0.2) is 30.7 Å². The summed E-state index contributed by atoms with van der Waals surface area (Å²) in [5, 5.41) is 0. The molecule has 0 spiro atoms. The van der Waals surface area contributed by atoms with E-state index in [9.17, 15) is 4.79 Å². The van der Waals surface area contributed by atoms with Gasteiger partial charge in [0.1, 0.15) is 12.0 Å². The molecule has 0 saturated carbocycles. The van der Waals surface area contributed by atoms with Crippen molar-refractivity contribution in [3.05, 3.63) is 46.2 Å². The minimum Gasteiger partial charge on any atom is -0.286 e. The normalized spacial score (nSPS) is 10.1. The SMILES string of the molecule is Cc1ccc(C(=O)c2ccncn2)s1. The van der Waals surface area contributed by atoms with Crippen molar-refractivity contribution in [2.24, 2.45) is 0 Å². The lowest BCUT2D eigenvalue weighted by atomic mass is 10.2. The molecule has 2 aromatic rings. The molecule has 0 atom stereocenters. The third kappa shape index (κ3) is 1.70. The van der Waals surface area contributed by atoms with E-state index in [0.29, 0.717) is 5.69 Å². The first-order valence-electron chi connectivity index (χ1n) is 4.14. The molecular formula is C10H8N2OS. The van der Waals surface area contributed by atoms with Crippen LogP contribution in [-0.2, 0) is 0 Å². The summed E-state index contributed by atoms with van der Waals surface area (Å²) in [6, 6.07) is 5.38. The summed E-state index contributed by atoms with van der Waals surface area (Å²) in [4.78, 5) is 21.3. The van der Waals surface area contributed by atoms with E-state index < -0.39 is 0 Å². The Morgan fingerprint density at radius 1 is 1.36 bits per heavy atom. The van der Waals surface area contributed by atoms with Gasteiger partial charge in [0.05, 0.1) is 4.88 Å². The molecule has 0 amide bonds. The maximum absolute atomic E-state index is 11.8. The molecule has 0 aliphatic carbocycles. The Labute approximate surface area is 85.5 Å². The standard InChI is InChI=1S/C10H8N2OS/c1-7-2-3-9(14-7)10(13)8-4-5-11-6-12-8/h2-6H,1H3. The maximum atomic E-state index is 11.8. The highest BCUT2D eigenvalue weighted by molar-refractivity contribution is 7.14. The van der Waals surface area contributed by atoms with Crippen molar-refractivity contribution in [1.29, 1.82) is 0 Å². The van der Waals surface area contributed by atoms with E-state index >= 15 is 0 Å². The van der Waals surface area contributed by atoms with Crippen molar-refractivity contribution in [1.82, 2.24) is 9.97 Å². The van der Waals surface area contributed by atoms with Crippen LogP contribution in [0, 0.1) is 6.92 Å². The van der Waals surface area contributed by atoms with Crippen molar-refractivity contribution in [2.45, 2.75) is 6.92 Å². The zero-order valence-corrected chi connectivity index (χ0v) is 8.41. The van der Waals surface area contributed by atoms with Gasteiger partial charge in [0.15, 0.2) is 0 Å². The summed E-state index contributed by atoms with van der Waals surface area (Å²) in [5.74, 6) is -0.0366. The number of aryl methyl sites for hydroxylation is 1. The Morgan fingerprint density at radius 2 is 2.21 bits per heavy atom. The van der Waals surface area contributed by atoms with E-state index in [4.69, 9.17) is 0 Å². The molecule has 0 radical (unpaired) electrons. The Bertz CT molecular complexity index is 450. The van der Waals surface area contributed by atoms with Crippen LogP contribution in [-0.4, -0.2) is 15.8 Å². The Kier molecular flexibility index (Phi) is 2.37. The first-order chi connectivity index (χ1) is 6.77. The number of hydrogen-bond donors (Lipinski definition) is 0. The molecule has 3 nitrogen and oxygen atoms in total. The second-order valence-electron chi connectivity index (χ2n) is 2.83. The highest BCUT2D eigenvalue weighted by atomic mass is 32.1. The fraction of sp³-hybridized carbons (Fsp3) is 0.100. The first-order valence-corrected chi connectivity index (χ1v) is 4.96. The van der Waals surface area contributed by atoms with Gasteiger partial charge in [-0.3, -0.25) is 4.79 Å². The minimum atomic E-state index is -0.0366. The third-order valence-corrected chi connectivity index (χ3v) is 2.78. The average Bonchev–Trinajstić information content (AvgIpc) is 2.65. The molecule has 4 heteroatoms. The van der Waals surface area contributed by atoms with Gasteiger partial charge in [-0.15, -0.1) is 11.3 Å². The molecule has 2 rings (SSSR count). The van der Waals surface area contributed by atoms with Gasteiger partial charge < -0.3 is 0 Å².